The van der Waals surface area contributed by atoms with Gasteiger partial charge < -0.3 is 14.8 Å². The van der Waals surface area contributed by atoms with E-state index in [1.807, 2.05) is 13.0 Å². The molecule has 9 heteroatoms. The van der Waals surface area contributed by atoms with Crippen LogP contribution in [-0.4, -0.2) is 39.7 Å². The van der Waals surface area contributed by atoms with E-state index in [0.29, 0.717) is 56.1 Å². The van der Waals surface area contributed by atoms with Crippen LogP contribution in [0.5, 0.6) is 0 Å². The highest BCUT2D eigenvalue weighted by atomic mass is 35.5. The normalized spacial score (nSPS) is 15.0. The van der Waals surface area contributed by atoms with Gasteiger partial charge in [-0.15, -0.1) is 0 Å². The molecule has 0 amide bonds. The van der Waals surface area contributed by atoms with Crippen molar-refractivity contribution in [3.63, 3.8) is 0 Å². The summed E-state index contributed by atoms with van der Waals surface area (Å²) in [6.45, 7) is 2.95. The van der Waals surface area contributed by atoms with Crippen LogP contribution in [0.15, 0.2) is 54.9 Å². The number of benzene rings is 2. The number of carboxylic acid groups (broad SMARTS) is 1. The van der Waals surface area contributed by atoms with Crippen LogP contribution in [0.1, 0.15) is 28.5 Å². The molecule has 1 aliphatic rings. The highest BCUT2D eigenvalue weighted by Crippen LogP contribution is 2.43. The number of nitrogens with one attached hydrogen (secondary N) is 1. The number of aliphatic carboxylic acids is 1. The Bertz CT molecular complexity index is 1510. The predicted octanol–water partition coefficient (Wildman–Crippen LogP) is 6.67. The molecule has 4 aromatic rings. The van der Waals surface area contributed by atoms with Gasteiger partial charge in [-0.05, 0) is 42.8 Å². The van der Waals surface area contributed by atoms with Crippen LogP contribution in [-0.2, 0) is 14.9 Å². The van der Waals surface area contributed by atoms with Gasteiger partial charge in [0.05, 0.1) is 39.8 Å². The minimum absolute atomic E-state index is 0.277. The first kappa shape index (κ1) is 23.7. The lowest BCUT2D eigenvalue weighted by molar-refractivity contribution is -0.131. The van der Waals surface area contributed by atoms with Gasteiger partial charge in [0.2, 0.25) is 0 Å². The summed E-state index contributed by atoms with van der Waals surface area (Å²) in [6, 6.07) is 10.4. The average molecular weight is 530 g/mol. The van der Waals surface area contributed by atoms with Crippen LogP contribution in [0.25, 0.3) is 28.1 Å². The van der Waals surface area contributed by atoms with Gasteiger partial charge in [0.15, 0.2) is 0 Å². The summed E-state index contributed by atoms with van der Waals surface area (Å²) in [4.78, 5) is 28.4. The zero-order chi connectivity index (χ0) is 24.9. The lowest BCUT2D eigenvalue weighted by atomic mass is 9.81. The summed E-state index contributed by atoms with van der Waals surface area (Å²) in [6.07, 6.45) is 5.99. The summed E-state index contributed by atoms with van der Waals surface area (Å²) in [5.41, 5.74) is 3.19. The zero-order valence-corrected chi connectivity index (χ0v) is 20.7. The smallest absolute Gasteiger partial charge is 0.328 e. The fourth-order valence-electron chi connectivity index (χ4n) is 4.47. The molecule has 5 rings (SSSR count). The van der Waals surface area contributed by atoms with Crippen molar-refractivity contribution in [1.82, 2.24) is 9.55 Å². The molecule has 35 heavy (non-hydrogen) atoms. The van der Waals surface area contributed by atoms with Crippen molar-refractivity contribution in [2.75, 3.05) is 13.2 Å². The molecule has 0 saturated carbocycles. The van der Waals surface area contributed by atoms with E-state index in [2.05, 4.69) is 4.98 Å². The minimum Gasteiger partial charge on any atom is -0.478 e. The fraction of sp³-hybridized carbons (Fsp3) is 0.154. The van der Waals surface area contributed by atoms with E-state index in [4.69, 9.17) is 44.6 Å². The SMILES string of the molecule is CC1(c2[nH]cc(-c3c(Cl)cc(Cl)cc3Cl)c2C(=O)n2ccc3c(/C=C/C(=O)O)cccc32)COC1. The number of nitrogens with zero attached hydrogens (tertiary/aromatic N) is 1. The first-order valence-electron chi connectivity index (χ1n) is 10.7. The standard InChI is InChI=1S/C26H19Cl3N2O4/c1-26(12-35-13-26)24-23(17(11-30-24)22-18(28)9-15(27)10-19(22)29)25(34)31-8-7-16-14(5-6-21(32)33)3-2-4-20(16)31/h2-11,30H,12-13H2,1H3,(H,32,33)/b6-5+. The molecule has 0 bridgehead atoms. The number of aromatic amines is 1. The molecule has 2 aromatic heterocycles. The molecule has 0 atom stereocenters. The van der Waals surface area contributed by atoms with Gasteiger partial charge in [-0.3, -0.25) is 9.36 Å². The average Bonchev–Trinajstić information content (AvgIpc) is 3.40. The van der Waals surface area contributed by atoms with E-state index in [-0.39, 0.29) is 11.3 Å². The van der Waals surface area contributed by atoms with Crippen molar-refractivity contribution < 1.29 is 19.4 Å². The molecule has 2 N–H and O–H groups in total. The quantitative estimate of drug-likeness (QED) is 0.283. The molecule has 1 saturated heterocycles. The van der Waals surface area contributed by atoms with Crippen LogP contribution in [0.3, 0.4) is 0 Å². The van der Waals surface area contributed by atoms with Crippen molar-refractivity contribution >= 4 is 63.7 Å². The Labute approximate surface area is 215 Å². The summed E-state index contributed by atoms with van der Waals surface area (Å²) in [7, 11) is 0. The lowest BCUT2D eigenvalue weighted by Gasteiger charge is -2.38. The number of carboxylic acids is 1. The van der Waals surface area contributed by atoms with Crippen LogP contribution in [0.2, 0.25) is 15.1 Å². The molecule has 0 radical (unpaired) electrons. The van der Waals surface area contributed by atoms with Gasteiger partial charge in [-0.2, -0.15) is 0 Å². The van der Waals surface area contributed by atoms with Gasteiger partial charge in [0, 0.05) is 45.7 Å². The van der Waals surface area contributed by atoms with Crippen LogP contribution < -0.4 is 0 Å². The second-order valence-electron chi connectivity index (χ2n) is 8.69. The first-order valence-corrected chi connectivity index (χ1v) is 11.8. The molecular formula is C26H19Cl3N2O4. The van der Waals surface area contributed by atoms with E-state index in [1.54, 1.807) is 47.3 Å². The summed E-state index contributed by atoms with van der Waals surface area (Å²) in [5, 5.41) is 10.8. The van der Waals surface area contributed by atoms with E-state index in [1.165, 1.54) is 6.08 Å². The number of carbonyl (C=O) groups excluding carboxylic acids is 1. The van der Waals surface area contributed by atoms with Crippen molar-refractivity contribution in [1.29, 1.82) is 0 Å². The number of carbonyl (C=O) groups is 2. The van der Waals surface area contributed by atoms with Gasteiger partial charge in [0.1, 0.15) is 0 Å². The highest BCUT2D eigenvalue weighted by Gasteiger charge is 2.41. The van der Waals surface area contributed by atoms with E-state index < -0.39 is 5.97 Å². The van der Waals surface area contributed by atoms with Gasteiger partial charge in [-0.25, -0.2) is 4.79 Å². The number of ether oxygens (including phenoxy) is 1. The van der Waals surface area contributed by atoms with Gasteiger partial charge in [-0.1, -0.05) is 46.9 Å². The zero-order valence-electron chi connectivity index (χ0n) is 18.4. The number of hydrogen-bond donors (Lipinski definition) is 2. The number of aromatic nitrogens is 2. The van der Waals surface area contributed by atoms with Crippen molar-refractivity contribution in [3.05, 3.63) is 86.8 Å². The third-order valence-corrected chi connectivity index (χ3v) is 7.02. The molecule has 0 unspecified atom stereocenters. The first-order chi connectivity index (χ1) is 16.7. The third kappa shape index (κ3) is 4.06. The molecule has 178 valence electrons. The molecule has 3 heterocycles. The van der Waals surface area contributed by atoms with Crippen molar-refractivity contribution in [2.24, 2.45) is 0 Å². The van der Waals surface area contributed by atoms with Gasteiger partial charge in [0.25, 0.3) is 5.91 Å². The Morgan fingerprint density at radius 1 is 1.14 bits per heavy atom. The van der Waals surface area contributed by atoms with Crippen molar-refractivity contribution in [3.8, 4) is 11.1 Å². The number of H-pyrrole nitrogens is 1. The Hall–Kier alpha value is -3.03. The predicted molar refractivity (Wildman–Crippen MR) is 138 cm³/mol. The lowest BCUT2D eigenvalue weighted by Crippen LogP contribution is -2.45. The number of rotatable bonds is 5. The molecular weight excluding hydrogens is 511 g/mol. The summed E-state index contributed by atoms with van der Waals surface area (Å²) >= 11 is 19.2. The summed E-state index contributed by atoms with van der Waals surface area (Å²) in [5.74, 6) is -1.33. The number of fused-ring (bicyclic) bond motifs is 1. The number of halogens is 3. The maximum atomic E-state index is 14.1. The van der Waals surface area contributed by atoms with E-state index >= 15 is 0 Å². The monoisotopic (exact) mass is 528 g/mol. The Balaban J connectivity index is 1.71. The highest BCUT2D eigenvalue weighted by molar-refractivity contribution is 6.42. The van der Waals surface area contributed by atoms with Crippen LogP contribution in [0.4, 0.5) is 0 Å². The van der Waals surface area contributed by atoms with Crippen molar-refractivity contribution in [2.45, 2.75) is 12.3 Å². The molecule has 1 aliphatic heterocycles. The fourth-order valence-corrected chi connectivity index (χ4v) is 5.49. The maximum Gasteiger partial charge on any atom is 0.328 e. The second kappa shape index (κ2) is 8.88. The Morgan fingerprint density at radius 2 is 1.86 bits per heavy atom. The van der Waals surface area contributed by atoms with Crippen LogP contribution in [0, 0.1) is 0 Å². The Kier molecular flexibility index (Phi) is 6.01. The number of hydrogen-bond acceptors (Lipinski definition) is 3. The maximum absolute atomic E-state index is 14.1. The second-order valence-corrected chi connectivity index (χ2v) is 9.94. The molecule has 1 fully saturated rings. The summed E-state index contributed by atoms with van der Waals surface area (Å²) < 4.78 is 7.01. The largest absolute Gasteiger partial charge is 0.478 e. The van der Waals surface area contributed by atoms with Gasteiger partial charge >= 0.3 is 5.97 Å². The molecule has 0 spiro atoms. The Morgan fingerprint density at radius 3 is 2.49 bits per heavy atom. The topological polar surface area (TPSA) is 84.3 Å². The minimum atomic E-state index is -1.05. The molecule has 0 aliphatic carbocycles. The molecule has 2 aromatic carbocycles. The molecule has 6 nitrogen and oxygen atoms in total. The van der Waals surface area contributed by atoms with Crippen LogP contribution >= 0.6 is 34.8 Å². The van der Waals surface area contributed by atoms with E-state index in [9.17, 15) is 9.59 Å². The third-order valence-electron chi connectivity index (χ3n) is 6.21. The van der Waals surface area contributed by atoms with E-state index in [0.717, 1.165) is 17.2 Å².